The van der Waals surface area contributed by atoms with Crippen molar-refractivity contribution >= 4 is 0 Å². The summed E-state index contributed by atoms with van der Waals surface area (Å²) in [6.07, 6.45) is 14.5. The fourth-order valence-corrected chi connectivity index (χ4v) is 1.66. The van der Waals surface area contributed by atoms with Gasteiger partial charge in [0.2, 0.25) is 0 Å². The molecule has 1 aliphatic rings. The van der Waals surface area contributed by atoms with Crippen molar-refractivity contribution in [3.05, 3.63) is 12.3 Å². The van der Waals surface area contributed by atoms with Crippen LogP contribution in [-0.4, -0.2) is 12.9 Å². The van der Waals surface area contributed by atoms with E-state index in [1.54, 1.807) is 0 Å². The van der Waals surface area contributed by atoms with Crippen LogP contribution in [0.3, 0.4) is 0 Å². The first-order valence-corrected chi connectivity index (χ1v) is 6.28. The maximum atomic E-state index is 5.42. The minimum absolute atomic E-state index is 0.0364. The van der Waals surface area contributed by atoms with E-state index < -0.39 is 0 Å². The smallest absolute Gasteiger partial charge is 0.200 e. The van der Waals surface area contributed by atoms with E-state index in [2.05, 4.69) is 13.2 Å². The van der Waals surface area contributed by atoms with Crippen LogP contribution in [0.1, 0.15) is 58.3 Å². The molecule has 1 heterocycles. The first-order valence-electron chi connectivity index (χ1n) is 6.28. The van der Waals surface area contributed by atoms with Crippen LogP contribution in [-0.2, 0) is 9.47 Å². The van der Waals surface area contributed by atoms with Crippen molar-refractivity contribution in [2.45, 2.75) is 64.6 Å². The molecule has 0 aromatic heterocycles. The predicted molar refractivity (Wildman–Crippen MR) is 61.2 cm³/mol. The molecule has 1 unspecified atom stereocenters. The zero-order chi connectivity index (χ0) is 10.8. The van der Waals surface area contributed by atoms with Crippen LogP contribution in [0.5, 0.6) is 0 Å². The summed E-state index contributed by atoms with van der Waals surface area (Å²) in [6.45, 7) is 3.06. The zero-order valence-corrected chi connectivity index (χ0v) is 9.84. The molecule has 0 aromatic rings. The highest BCUT2D eigenvalue weighted by Gasteiger charge is 2.12. The van der Waals surface area contributed by atoms with E-state index in [0.29, 0.717) is 0 Å². The first kappa shape index (κ1) is 12.6. The molecule has 1 radical (unpaired) electrons. The minimum atomic E-state index is -0.0364. The summed E-state index contributed by atoms with van der Waals surface area (Å²) in [5.74, 6) is 0. The lowest BCUT2D eigenvalue weighted by Gasteiger charge is -2.20. The standard InChI is InChI=1S/C13H23O2/c1-2-3-4-5-6-8-11-14-13-10-7-9-12-15-13/h8,13H,2-7,9-10,12H2,1H3. The second-order valence-corrected chi connectivity index (χ2v) is 4.09. The number of unbranched alkanes of at least 4 members (excludes halogenated alkanes) is 4. The van der Waals surface area contributed by atoms with Gasteiger partial charge >= 0.3 is 0 Å². The second kappa shape index (κ2) is 8.78. The van der Waals surface area contributed by atoms with E-state index in [1.807, 2.05) is 6.08 Å². The Morgan fingerprint density at radius 3 is 3.00 bits per heavy atom. The Hall–Kier alpha value is -0.500. The fraction of sp³-hybridized carbons (Fsp3) is 0.846. The molecule has 0 aliphatic carbocycles. The largest absolute Gasteiger partial charge is 0.461 e. The van der Waals surface area contributed by atoms with Gasteiger partial charge in [0.1, 0.15) is 0 Å². The molecule has 0 spiro atoms. The molecule has 0 saturated carbocycles. The van der Waals surface area contributed by atoms with Crippen LogP contribution < -0.4 is 0 Å². The van der Waals surface area contributed by atoms with Crippen LogP contribution in [0.25, 0.3) is 0 Å². The number of hydrogen-bond donors (Lipinski definition) is 0. The number of ether oxygens (including phenoxy) is 2. The van der Waals surface area contributed by atoms with Crippen LogP contribution in [0, 0.1) is 6.26 Å². The van der Waals surface area contributed by atoms with Crippen LogP contribution >= 0.6 is 0 Å². The molecule has 15 heavy (non-hydrogen) atoms. The molecule has 1 atom stereocenters. The highest BCUT2D eigenvalue weighted by molar-refractivity contribution is 4.68. The van der Waals surface area contributed by atoms with Crippen LogP contribution in [0.4, 0.5) is 0 Å². The SMILES string of the molecule is CCCCCC/C=[C]/OC1CCCCO1. The average Bonchev–Trinajstić information content (AvgIpc) is 2.29. The van der Waals surface area contributed by atoms with E-state index in [1.165, 1.54) is 38.5 Å². The Balaban J connectivity index is 1.91. The highest BCUT2D eigenvalue weighted by Crippen LogP contribution is 2.13. The monoisotopic (exact) mass is 211 g/mol. The summed E-state index contributed by atoms with van der Waals surface area (Å²) in [7, 11) is 0. The lowest BCUT2D eigenvalue weighted by atomic mass is 10.1. The van der Waals surface area contributed by atoms with Gasteiger partial charge in [0.25, 0.3) is 0 Å². The van der Waals surface area contributed by atoms with Gasteiger partial charge in [-0.2, -0.15) is 0 Å². The summed E-state index contributed by atoms with van der Waals surface area (Å²) in [5.41, 5.74) is 0. The third-order valence-corrected chi connectivity index (χ3v) is 2.62. The average molecular weight is 211 g/mol. The number of allylic oxidation sites excluding steroid dienone is 1. The van der Waals surface area contributed by atoms with Crippen molar-refractivity contribution in [2.24, 2.45) is 0 Å². The van der Waals surface area contributed by atoms with Gasteiger partial charge in [-0.3, -0.25) is 0 Å². The first-order chi connectivity index (χ1) is 7.43. The lowest BCUT2D eigenvalue weighted by molar-refractivity contribution is -0.135. The predicted octanol–water partition coefficient (Wildman–Crippen LogP) is 3.82. The molecule has 87 valence electrons. The fourth-order valence-electron chi connectivity index (χ4n) is 1.66. The van der Waals surface area contributed by atoms with Gasteiger partial charge in [0, 0.05) is 6.42 Å². The van der Waals surface area contributed by atoms with Crippen molar-refractivity contribution in [1.82, 2.24) is 0 Å². The lowest BCUT2D eigenvalue weighted by Crippen LogP contribution is -2.20. The maximum Gasteiger partial charge on any atom is 0.200 e. The molecular weight excluding hydrogens is 188 g/mol. The van der Waals surface area contributed by atoms with Crippen molar-refractivity contribution < 1.29 is 9.47 Å². The molecule has 2 nitrogen and oxygen atoms in total. The molecule has 0 aromatic carbocycles. The van der Waals surface area contributed by atoms with Gasteiger partial charge in [-0.25, -0.2) is 0 Å². The van der Waals surface area contributed by atoms with Crippen LogP contribution in [0.15, 0.2) is 6.08 Å². The number of rotatable bonds is 7. The minimum Gasteiger partial charge on any atom is -0.461 e. The Kier molecular flexibility index (Phi) is 7.36. The summed E-state index contributed by atoms with van der Waals surface area (Å²) < 4.78 is 10.8. The third-order valence-electron chi connectivity index (χ3n) is 2.62. The molecule has 0 amide bonds. The summed E-state index contributed by atoms with van der Waals surface area (Å²) in [5, 5.41) is 0. The van der Waals surface area contributed by atoms with Gasteiger partial charge in [0.15, 0.2) is 12.6 Å². The van der Waals surface area contributed by atoms with E-state index in [-0.39, 0.29) is 6.29 Å². The van der Waals surface area contributed by atoms with E-state index >= 15 is 0 Å². The molecule has 2 heteroatoms. The summed E-state index contributed by atoms with van der Waals surface area (Å²) in [6, 6.07) is 0. The van der Waals surface area contributed by atoms with E-state index in [0.717, 1.165) is 19.4 Å². The van der Waals surface area contributed by atoms with Gasteiger partial charge in [-0.05, 0) is 31.8 Å². The van der Waals surface area contributed by atoms with Gasteiger partial charge in [-0.1, -0.05) is 26.2 Å². The summed E-state index contributed by atoms with van der Waals surface area (Å²) >= 11 is 0. The molecular formula is C13H23O2. The van der Waals surface area contributed by atoms with Gasteiger partial charge in [-0.15, -0.1) is 0 Å². The van der Waals surface area contributed by atoms with E-state index in [9.17, 15) is 0 Å². The Labute approximate surface area is 93.7 Å². The normalized spacial score (nSPS) is 22.1. The molecule has 0 bridgehead atoms. The Morgan fingerprint density at radius 2 is 2.27 bits per heavy atom. The molecule has 1 rings (SSSR count). The van der Waals surface area contributed by atoms with E-state index in [4.69, 9.17) is 9.47 Å². The molecule has 0 N–H and O–H groups in total. The van der Waals surface area contributed by atoms with Crippen molar-refractivity contribution in [2.75, 3.05) is 6.61 Å². The maximum absolute atomic E-state index is 5.42. The third kappa shape index (κ3) is 6.56. The Bertz CT molecular complexity index is 160. The number of hydrogen-bond acceptors (Lipinski definition) is 2. The zero-order valence-electron chi connectivity index (χ0n) is 9.84. The molecule has 1 fully saturated rings. The second-order valence-electron chi connectivity index (χ2n) is 4.09. The van der Waals surface area contributed by atoms with Crippen molar-refractivity contribution in [1.29, 1.82) is 0 Å². The highest BCUT2D eigenvalue weighted by atomic mass is 16.7. The Morgan fingerprint density at radius 1 is 1.33 bits per heavy atom. The van der Waals surface area contributed by atoms with Gasteiger partial charge in [0.05, 0.1) is 6.61 Å². The molecule has 1 saturated heterocycles. The molecule has 1 aliphatic heterocycles. The van der Waals surface area contributed by atoms with Crippen LogP contribution in [0.2, 0.25) is 0 Å². The topological polar surface area (TPSA) is 18.5 Å². The van der Waals surface area contributed by atoms with Gasteiger partial charge < -0.3 is 9.47 Å². The summed E-state index contributed by atoms with van der Waals surface area (Å²) in [4.78, 5) is 0. The quantitative estimate of drug-likeness (QED) is 0.471. The van der Waals surface area contributed by atoms with Crippen molar-refractivity contribution in [3.63, 3.8) is 0 Å². The van der Waals surface area contributed by atoms with Crippen molar-refractivity contribution in [3.8, 4) is 0 Å².